The molecule has 0 bridgehead atoms. The highest BCUT2D eigenvalue weighted by molar-refractivity contribution is 6.30. The number of benzene rings is 3. The van der Waals surface area contributed by atoms with Gasteiger partial charge < -0.3 is 21.4 Å². The maximum Gasteiger partial charge on any atom is 0.320 e. The van der Waals surface area contributed by atoms with Gasteiger partial charge in [-0.15, -0.1) is 0 Å². The van der Waals surface area contributed by atoms with Crippen LogP contribution in [-0.2, 0) is 4.79 Å². The number of anilines is 3. The molecule has 4 rings (SSSR count). The molecule has 1 aliphatic heterocycles. The third kappa shape index (κ3) is 6.00. The van der Waals surface area contributed by atoms with Crippen molar-refractivity contribution in [3.8, 4) is 0 Å². The van der Waals surface area contributed by atoms with E-state index in [1.165, 1.54) is 12.1 Å². The van der Waals surface area contributed by atoms with E-state index in [-0.39, 0.29) is 5.69 Å². The van der Waals surface area contributed by atoms with Crippen LogP contribution in [0.3, 0.4) is 0 Å². The van der Waals surface area contributed by atoms with Gasteiger partial charge in [-0.1, -0.05) is 41.9 Å². The maximum atomic E-state index is 14.6. The molecule has 9 heteroatoms. The first-order valence-corrected chi connectivity index (χ1v) is 10.9. The van der Waals surface area contributed by atoms with Crippen LogP contribution < -0.4 is 21.4 Å². The molecule has 170 valence electrons. The number of hydrogen-bond acceptors (Lipinski definition) is 4. The van der Waals surface area contributed by atoms with Crippen molar-refractivity contribution < 1.29 is 14.0 Å². The van der Waals surface area contributed by atoms with Gasteiger partial charge in [0.2, 0.25) is 0 Å². The average molecular weight is 468 g/mol. The Morgan fingerprint density at radius 2 is 1.61 bits per heavy atom. The highest BCUT2D eigenvalue weighted by Crippen LogP contribution is 2.23. The van der Waals surface area contributed by atoms with Crippen molar-refractivity contribution in [2.75, 3.05) is 29.1 Å². The van der Waals surface area contributed by atoms with Crippen LogP contribution in [0.5, 0.6) is 0 Å². The average Bonchev–Trinajstić information content (AvgIpc) is 2.78. The lowest BCUT2D eigenvalue weighted by atomic mass is 10.1. The molecule has 7 nitrogen and oxygen atoms in total. The topological polar surface area (TPSA) is 85.5 Å². The van der Waals surface area contributed by atoms with Crippen LogP contribution in [0.2, 0.25) is 5.02 Å². The molecule has 0 aliphatic carbocycles. The zero-order valence-corrected chi connectivity index (χ0v) is 18.4. The Hall–Kier alpha value is -3.62. The lowest BCUT2D eigenvalue weighted by Crippen LogP contribution is -2.41. The Bertz CT molecular complexity index is 1120. The predicted octanol–water partition coefficient (Wildman–Crippen LogP) is 5.01. The largest absolute Gasteiger partial charge is 0.322 e. The van der Waals surface area contributed by atoms with Gasteiger partial charge in [0.25, 0.3) is 5.91 Å². The van der Waals surface area contributed by atoms with Gasteiger partial charge in [-0.05, 0) is 48.4 Å². The zero-order valence-electron chi connectivity index (χ0n) is 17.6. The smallest absolute Gasteiger partial charge is 0.320 e. The molecule has 33 heavy (non-hydrogen) atoms. The summed E-state index contributed by atoms with van der Waals surface area (Å²) in [6, 6.07) is 18.2. The molecule has 0 radical (unpaired) electrons. The summed E-state index contributed by atoms with van der Waals surface area (Å²) in [6.45, 7) is 1.81. The van der Waals surface area contributed by atoms with E-state index in [4.69, 9.17) is 11.6 Å². The third-order valence-corrected chi connectivity index (χ3v) is 5.39. The summed E-state index contributed by atoms with van der Waals surface area (Å²) in [7, 11) is 0. The number of amides is 3. The van der Waals surface area contributed by atoms with E-state index in [9.17, 15) is 14.0 Å². The minimum Gasteiger partial charge on any atom is -0.322 e. The SMILES string of the molecule is O=C(Nc1ccc(Cl)cc1)NC(C(=O)Nc1ccc(NN2CCC2)cc1F)c1ccccc1. The molecule has 0 spiro atoms. The van der Waals surface area contributed by atoms with E-state index in [0.29, 0.717) is 22.0 Å². The van der Waals surface area contributed by atoms with Crippen molar-refractivity contribution in [2.24, 2.45) is 0 Å². The second kappa shape index (κ2) is 10.3. The summed E-state index contributed by atoms with van der Waals surface area (Å²) in [4.78, 5) is 25.6. The van der Waals surface area contributed by atoms with E-state index in [1.54, 1.807) is 60.7 Å². The van der Waals surface area contributed by atoms with Gasteiger partial charge in [0.1, 0.15) is 11.9 Å². The number of halogens is 2. The highest BCUT2D eigenvalue weighted by Gasteiger charge is 2.24. The lowest BCUT2D eigenvalue weighted by molar-refractivity contribution is -0.118. The maximum absolute atomic E-state index is 14.6. The third-order valence-electron chi connectivity index (χ3n) is 5.14. The summed E-state index contributed by atoms with van der Waals surface area (Å²) in [6.07, 6.45) is 1.10. The highest BCUT2D eigenvalue weighted by atomic mass is 35.5. The van der Waals surface area contributed by atoms with Crippen LogP contribution in [0.1, 0.15) is 18.0 Å². The van der Waals surface area contributed by atoms with E-state index in [2.05, 4.69) is 21.4 Å². The Morgan fingerprint density at radius 3 is 2.24 bits per heavy atom. The first-order valence-electron chi connectivity index (χ1n) is 10.5. The molecule has 3 aromatic carbocycles. The van der Waals surface area contributed by atoms with Crippen molar-refractivity contribution in [1.82, 2.24) is 10.3 Å². The lowest BCUT2D eigenvalue weighted by Gasteiger charge is -2.31. The van der Waals surface area contributed by atoms with Gasteiger partial charge >= 0.3 is 6.03 Å². The molecular formula is C24H23ClFN5O2. The molecule has 1 heterocycles. The van der Waals surface area contributed by atoms with Crippen LogP contribution in [0, 0.1) is 5.82 Å². The van der Waals surface area contributed by atoms with Crippen LogP contribution in [0.15, 0.2) is 72.8 Å². The Morgan fingerprint density at radius 1 is 0.909 bits per heavy atom. The second-order valence-electron chi connectivity index (χ2n) is 7.59. The Labute approximate surface area is 195 Å². The number of carbonyl (C=O) groups excluding carboxylic acids is 2. The van der Waals surface area contributed by atoms with Gasteiger partial charge in [0.15, 0.2) is 0 Å². The summed E-state index contributed by atoms with van der Waals surface area (Å²) in [5, 5.41) is 10.4. The number of nitrogens with one attached hydrogen (secondary N) is 4. The van der Waals surface area contributed by atoms with Crippen molar-refractivity contribution in [3.63, 3.8) is 0 Å². The molecular weight excluding hydrogens is 445 g/mol. The Kier molecular flexibility index (Phi) is 7.07. The first-order chi connectivity index (χ1) is 16.0. The van der Waals surface area contributed by atoms with E-state index in [1.807, 2.05) is 5.01 Å². The number of hydrogen-bond donors (Lipinski definition) is 4. The number of urea groups is 1. The minimum absolute atomic E-state index is 0.0231. The molecule has 1 saturated heterocycles. The molecule has 0 saturated carbocycles. The monoisotopic (exact) mass is 467 g/mol. The minimum atomic E-state index is -1.04. The fourth-order valence-electron chi connectivity index (χ4n) is 3.28. The van der Waals surface area contributed by atoms with Gasteiger partial charge in [-0.2, -0.15) is 0 Å². The molecule has 3 aromatic rings. The molecule has 3 amide bonds. The molecule has 1 unspecified atom stereocenters. The fraction of sp³-hybridized carbons (Fsp3) is 0.167. The van der Waals surface area contributed by atoms with Gasteiger partial charge in [-0.25, -0.2) is 14.2 Å². The molecule has 1 atom stereocenters. The summed E-state index contributed by atoms with van der Waals surface area (Å²) >= 11 is 5.87. The molecule has 0 aromatic heterocycles. The predicted molar refractivity (Wildman–Crippen MR) is 128 cm³/mol. The van der Waals surface area contributed by atoms with Crippen LogP contribution >= 0.6 is 11.6 Å². The van der Waals surface area contributed by atoms with Crippen molar-refractivity contribution in [2.45, 2.75) is 12.5 Å². The Balaban J connectivity index is 1.46. The standard InChI is InChI=1S/C24H23ClFN5O2/c25-17-7-9-18(10-8-17)27-24(33)29-22(16-5-2-1-3-6-16)23(32)28-21-12-11-19(15-20(21)26)30-31-13-4-14-31/h1-3,5-12,15,22,30H,4,13-14H2,(H,28,32)(H2,27,29,33). The van der Waals surface area contributed by atoms with Crippen molar-refractivity contribution in [1.29, 1.82) is 0 Å². The number of rotatable bonds is 7. The summed E-state index contributed by atoms with van der Waals surface area (Å²) in [5.74, 6) is -1.15. The number of nitrogens with zero attached hydrogens (tertiary/aromatic N) is 1. The van der Waals surface area contributed by atoms with Gasteiger partial charge in [0.05, 0.1) is 11.4 Å². The molecule has 1 aliphatic rings. The first kappa shape index (κ1) is 22.6. The summed E-state index contributed by atoms with van der Waals surface area (Å²) in [5.41, 5.74) is 4.80. The fourth-order valence-corrected chi connectivity index (χ4v) is 3.40. The van der Waals surface area contributed by atoms with Gasteiger partial charge in [-0.3, -0.25) is 4.79 Å². The van der Waals surface area contributed by atoms with Crippen LogP contribution in [-0.4, -0.2) is 30.0 Å². The van der Waals surface area contributed by atoms with Crippen molar-refractivity contribution >= 4 is 40.6 Å². The van der Waals surface area contributed by atoms with Crippen LogP contribution in [0.4, 0.5) is 26.2 Å². The number of carbonyl (C=O) groups is 2. The van der Waals surface area contributed by atoms with E-state index >= 15 is 0 Å². The molecule has 1 fully saturated rings. The van der Waals surface area contributed by atoms with E-state index < -0.39 is 23.8 Å². The summed E-state index contributed by atoms with van der Waals surface area (Å²) < 4.78 is 14.6. The van der Waals surface area contributed by atoms with E-state index in [0.717, 1.165) is 19.5 Å². The van der Waals surface area contributed by atoms with Crippen molar-refractivity contribution in [3.05, 3.63) is 89.2 Å². The molecule has 4 N–H and O–H groups in total. The zero-order chi connectivity index (χ0) is 23.2. The normalized spacial score (nSPS) is 14.0. The van der Waals surface area contributed by atoms with Crippen LogP contribution in [0.25, 0.3) is 0 Å². The quantitative estimate of drug-likeness (QED) is 0.393. The van der Waals surface area contributed by atoms with Gasteiger partial charge in [0, 0.05) is 29.9 Å². The second-order valence-corrected chi connectivity index (χ2v) is 8.02. The number of hydrazine groups is 1.